The number of halogens is 2. The number of esters is 2. The van der Waals surface area contributed by atoms with Crippen molar-refractivity contribution in [2.45, 2.75) is 32.7 Å². The first-order chi connectivity index (χ1) is 11.5. The highest BCUT2D eigenvalue weighted by Gasteiger charge is 2.35. The zero-order chi connectivity index (χ0) is 17.7. The molecule has 0 saturated heterocycles. The number of nitrogens with zero attached hydrogens (tertiary/aromatic N) is 1. The fraction of sp³-hybridized carbons (Fsp3) is 0.412. The van der Waals surface area contributed by atoms with Crippen LogP contribution < -0.4 is 4.90 Å². The molecule has 7 heteroatoms. The SMILES string of the molecule is CCOC(=O)C=C(C(=O)OCC)N(c1ccc(F)c(F)c1)C1CC1. The van der Waals surface area contributed by atoms with Gasteiger partial charge < -0.3 is 14.4 Å². The molecule has 0 bridgehead atoms. The van der Waals surface area contributed by atoms with Gasteiger partial charge in [0.15, 0.2) is 11.6 Å². The van der Waals surface area contributed by atoms with Crippen LogP contribution in [0.25, 0.3) is 0 Å². The summed E-state index contributed by atoms with van der Waals surface area (Å²) in [6.45, 7) is 3.55. The molecule has 1 aliphatic carbocycles. The molecule has 0 aromatic heterocycles. The molecule has 0 spiro atoms. The molecule has 0 unspecified atom stereocenters. The lowest BCUT2D eigenvalue weighted by atomic mass is 10.2. The summed E-state index contributed by atoms with van der Waals surface area (Å²) < 4.78 is 36.6. The summed E-state index contributed by atoms with van der Waals surface area (Å²) in [6.07, 6.45) is 2.55. The molecule has 5 nitrogen and oxygen atoms in total. The lowest BCUT2D eigenvalue weighted by Gasteiger charge is -2.26. The number of hydrogen-bond acceptors (Lipinski definition) is 5. The average Bonchev–Trinajstić information content (AvgIpc) is 3.35. The Morgan fingerprint density at radius 3 is 2.38 bits per heavy atom. The van der Waals surface area contributed by atoms with E-state index in [-0.39, 0.29) is 30.6 Å². The van der Waals surface area contributed by atoms with Gasteiger partial charge in [-0.15, -0.1) is 0 Å². The number of carbonyl (C=O) groups excluding carboxylic acids is 2. The van der Waals surface area contributed by atoms with Crippen molar-refractivity contribution in [3.8, 4) is 0 Å². The minimum atomic E-state index is -1.03. The first kappa shape index (κ1) is 17.9. The highest BCUT2D eigenvalue weighted by atomic mass is 19.2. The molecule has 1 fully saturated rings. The predicted molar refractivity (Wildman–Crippen MR) is 83.2 cm³/mol. The maximum atomic E-state index is 13.6. The van der Waals surface area contributed by atoms with Gasteiger partial charge in [0.05, 0.1) is 19.3 Å². The minimum Gasteiger partial charge on any atom is -0.463 e. The van der Waals surface area contributed by atoms with Crippen LogP contribution in [0.4, 0.5) is 14.5 Å². The quantitative estimate of drug-likeness (QED) is 0.565. The van der Waals surface area contributed by atoms with Crippen LogP contribution in [0.15, 0.2) is 30.0 Å². The molecule has 2 rings (SSSR count). The van der Waals surface area contributed by atoms with Crippen LogP contribution in [-0.4, -0.2) is 31.2 Å². The molecule has 1 aliphatic rings. The molecule has 1 aromatic carbocycles. The van der Waals surface area contributed by atoms with Gasteiger partial charge in [0, 0.05) is 17.8 Å². The molecule has 0 N–H and O–H groups in total. The lowest BCUT2D eigenvalue weighted by molar-refractivity contribution is -0.141. The molecule has 24 heavy (non-hydrogen) atoms. The Bertz CT molecular complexity index is 656. The number of rotatable bonds is 7. The standard InChI is InChI=1S/C17H19F2NO4/c1-3-23-16(21)10-15(17(22)24-4-2)20(11-5-6-11)12-7-8-13(18)14(19)9-12/h7-11H,3-6H2,1-2H3. The molecule has 0 atom stereocenters. The first-order valence-electron chi connectivity index (χ1n) is 7.77. The van der Waals surface area contributed by atoms with E-state index < -0.39 is 23.6 Å². The molecule has 0 radical (unpaired) electrons. The Morgan fingerprint density at radius 1 is 1.17 bits per heavy atom. The van der Waals surface area contributed by atoms with E-state index in [0.717, 1.165) is 31.1 Å². The van der Waals surface area contributed by atoms with Crippen molar-refractivity contribution in [1.82, 2.24) is 0 Å². The van der Waals surface area contributed by atoms with Gasteiger partial charge in [0.1, 0.15) is 5.70 Å². The van der Waals surface area contributed by atoms with Crippen molar-refractivity contribution >= 4 is 17.6 Å². The Morgan fingerprint density at radius 2 is 1.83 bits per heavy atom. The Hall–Kier alpha value is -2.44. The maximum absolute atomic E-state index is 13.6. The van der Waals surface area contributed by atoms with E-state index >= 15 is 0 Å². The van der Waals surface area contributed by atoms with E-state index in [2.05, 4.69) is 0 Å². The summed E-state index contributed by atoms with van der Waals surface area (Å²) >= 11 is 0. The van der Waals surface area contributed by atoms with E-state index in [9.17, 15) is 18.4 Å². The molecule has 1 saturated carbocycles. The number of carbonyl (C=O) groups is 2. The third kappa shape index (κ3) is 4.31. The second-order valence-corrected chi connectivity index (χ2v) is 5.20. The zero-order valence-corrected chi connectivity index (χ0v) is 13.6. The van der Waals surface area contributed by atoms with Gasteiger partial charge in [-0.1, -0.05) is 0 Å². The summed E-state index contributed by atoms with van der Waals surface area (Å²) in [5.74, 6) is -3.44. The normalized spacial score (nSPS) is 14.2. The van der Waals surface area contributed by atoms with Gasteiger partial charge in [-0.05, 0) is 38.8 Å². The third-order valence-electron chi connectivity index (χ3n) is 3.38. The predicted octanol–water partition coefficient (Wildman–Crippen LogP) is 2.94. The monoisotopic (exact) mass is 339 g/mol. The van der Waals surface area contributed by atoms with Crippen LogP contribution in [0, 0.1) is 11.6 Å². The second-order valence-electron chi connectivity index (χ2n) is 5.20. The summed E-state index contributed by atoms with van der Waals surface area (Å²) in [5.41, 5.74) is 0.226. The van der Waals surface area contributed by atoms with Gasteiger partial charge in [-0.25, -0.2) is 18.4 Å². The molecule has 0 amide bonds. The van der Waals surface area contributed by atoms with Crippen molar-refractivity contribution in [2.75, 3.05) is 18.1 Å². The van der Waals surface area contributed by atoms with E-state index in [1.54, 1.807) is 13.8 Å². The van der Waals surface area contributed by atoms with Gasteiger partial charge in [-0.2, -0.15) is 0 Å². The Labute approximate surface area is 138 Å². The summed E-state index contributed by atoms with van der Waals surface area (Å²) in [4.78, 5) is 25.6. The van der Waals surface area contributed by atoms with Crippen molar-refractivity contribution < 1.29 is 27.8 Å². The van der Waals surface area contributed by atoms with E-state index in [4.69, 9.17) is 9.47 Å². The van der Waals surface area contributed by atoms with Crippen LogP contribution in [-0.2, 0) is 19.1 Å². The third-order valence-corrected chi connectivity index (χ3v) is 3.38. The van der Waals surface area contributed by atoms with Gasteiger partial charge in [0.2, 0.25) is 0 Å². The number of anilines is 1. The highest BCUT2D eigenvalue weighted by molar-refractivity contribution is 5.99. The summed E-state index contributed by atoms with van der Waals surface area (Å²) in [7, 11) is 0. The van der Waals surface area contributed by atoms with Crippen molar-refractivity contribution in [3.63, 3.8) is 0 Å². The largest absolute Gasteiger partial charge is 0.463 e. The molecular weight excluding hydrogens is 320 g/mol. The fourth-order valence-electron chi connectivity index (χ4n) is 2.24. The summed E-state index contributed by atoms with van der Waals surface area (Å²) in [6, 6.07) is 3.24. The average molecular weight is 339 g/mol. The smallest absolute Gasteiger partial charge is 0.355 e. The molecule has 130 valence electrons. The molecule has 0 aliphatic heterocycles. The van der Waals surface area contributed by atoms with E-state index in [1.165, 1.54) is 11.0 Å². The van der Waals surface area contributed by atoms with E-state index in [1.807, 2.05) is 0 Å². The number of benzene rings is 1. The van der Waals surface area contributed by atoms with Gasteiger partial charge >= 0.3 is 11.9 Å². The molecule has 0 heterocycles. The van der Waals surface area contributed by atoms with Crippen molar-refractivity contribution in [3.05, 3.63) is 41.6 Å². The number of hydrogen-bond donors (Lipinski definition) is 0. The van der Waals surface area contributed by atoms with Gasteiger partial charge in [-0.3, -0.25) is 0 Å². The van der Waals surface area contributed by atoms with Crippen LogP contribution in [0.2, 0.25) is 0 Å². The Balaban J connectivity index is 2.43. The minimum absolute atomic E-state index is 0.0520. The second kappa shape index (κ2) is 7.90. The van der Waals surface area contributed by atoms with Crippen molar-refractivity contribution in [2.24, 2.45) is 0 Å². The van der Waals surface area contributed by atoms with Crippen LogP contribution in [0.5, 0.6) is 0 Å². The fourth-order valence-corrected chi connectivity index (χ4v) is 2.24. The van der Waals surface area contributed by atoms with E-state index in [0.29, 0.717) is 0 Å². The number of ether oxygens (including phenoxy) is 2. The van der Waals surface area contributed by atoms with Gasteiger partial charge in [0.25, 0.3) is 0 Å². The first-order valence-corrected chi connectivity index (χ1v) is 7.77. The van der Waals surface area contributed by atoms with Crippen molar-refractivity contribution in [1.29, 1.82) is 0 Å². The highest BCUT2D eigenvalue weighted by Crippen LogP contribution is 2.35. The van der Waals surface area contributed by atoms with Crippen LogP contribution in [0.1, 0.15) is 26.7 Å². The maximum Gasteiger partial charge on any atom is 0.355 e. The molecule has 1 aromatic rings. The molecular formula is C17H19F2NO4. The lowest BCUT2D eigenvalue weighted by Crippen LogP contribution is -2.32. The zero-order valence-electron chi connectivity index (χ0n) is 13.6. The van der Waals surface area contributed by atoms with Crippen LogP contribution >= 0.6 is 0 Å². The topological polar surface area (TPSA) is 55.8 Å². The van der Waals surface area contributed by atoms with Crippen LogP contribution in [0.3, 0.4) is 0 Å². The Kier molecular flexibility index (Phi) is 5.89. The summed E-state index contributed by atoms with van der Waals surface area (Å²) in [5, 5.41) is 0.